The van der Waals surface area contributed by atoms with E-state index in [0.717, 1.165) is 12.5 Å². The quantitative estimate of drug-likeness (QED) is 0.801. The topological polar surface area (TPSA) is 24.5 Å². The molecule has 2 aliphatic heterocycles. The van der Waals surface area contributed by atoms with Crippen LogP contribution in [0.2, 0.25) is 0 Å². The van der Waals surface area contributed by atoms with Gasteiger partial charge >= 0.3 is 0 Å². The molecule has 0 aromatic carbocycles. The lowest BCUT2D eigenvalue weighted by molar-refractivity contribution is 0.0464. The maximum Gasteiger partial charge on any atom is 0.0502 e. The molecule has 2 aliphatic rings. The van der Waals surface area contributed by atoms with Crippen molar-refractivity contribution in [1.29, 1.82) is 0 Å². The third kappa shape index (κ3) is 4.44. The van der Waals surface area contributed by atoms with Gasteiger partial charge in [-0.25, -0.2) is 0 Å². The van der Waals surface area contributed by atoms with Crippen molar-refractivity contribution in [3.63, 3.8) is 0 Å². The summed E-state index contributed by atoms with van der Waals surface area (Å²) in [6, 6.07) is 0. The first-order valence-corrected chi connectivity index (χ1v) is 8.20. The molecular formula is C16H32N2O. The number of hydrogen-bond donors (Lipinski definition) is 1. The van der Waals surface area contributed by atoms with Crippen LogP contribution in [0.1, 0.15) is 45.4 Å². The molecule has 0 radical (unpaired) electrons. The molecule has 1 N–H and O–H groups in total. The van der Waals surface area contributed by atoms with Crippen LogP contribution in [0.15, 0.2) is 0 Å². The monoisotopic (exact) mass is 268 g/mol. The van der Waals surface area contributed by atoms with Crippen molar-refractivity contribution < 1.29 is 4.74 Å². The van der Waals surface area contributed by atoms with E-state index in [-0.39, 0.29) is 0 Å². The second-order valence-electron chi connectivity index (χ2n) is 6.70. The average Bonchev–Trinajstić information content (AvgIpc) is 2.41. The van der Waals surface area contributed by atoms with Gasteiger partial charge in [0.2, 0.25) is 0 Å². The SMILES string of the molecule is CCCC1(CN2CCCC(COC)C2)CCNCC1. The fraction of sp³-hybridized carbons (Fsp3) is 1.00. The van der Waals surface area contributed by atoms with Gasteiger partial charge in [0.15, 0.2) is 0 Å². The standard InChI is InChI=1S/C16H32N2O/c1-3-6-16(7-9-17-10-8-16)14-18-11-4-5-15(12-18)13-19-2/h15,17H,3-14H2,1-2H3. The van der Waals surface area contributed by atoms with E-state index >= 15 is 0 Å². The summed E-state index contributed by atoms with van der Waals surface area (Å²) in [6.07, 6.45) is 8.18. The van der Waals surface area contributed by atoms with Crippen LogP contribution in [-0.4, -0.2) is 51.3 Å². The number of rotatable bonds is 6. The van der Waals surface area contributed by atoms with Gasteiger partial charge in [0, 0.05) is 20.2 Å². The highest BCUT2D eigenvalue weighted by molar-refractivity contribution is 4.88. The Hall–Kier alpha value is -0.120. The predicted molar refractivity (Wildman–Crippen MR) is 80.5 cm³/mol. The fourth-order valence-electron chi connectivity index (χ4n) is 4.12. The van der Waals surface area contributed by atoms with Crippen LogP contribution in [0.3, 0.4) is 0 Å². The van der Waals surface area contributed by atoms with Gasteiger partial charge in [-0.2, -0.15) is 0 Å². The number of likely N-dealkylation sites (tertiary alicyclic amines) is 1. The Morgan fingerprint density at radius 2 is 2.11 bits per heavy atom. The maximum absolute atomic E-state index is 5.36. The summed E-state index contributed by atoms with van der Waals surface area (Å²) in [5, 5.41) is 3.53. The lowest BCUT2D eigenvalue weighted by Crippen LogP contribution is -2.48. The number of piperidine rings is 2. The van der Waals surface area contributed by atoms with E-state index in [1.54, 1.807) is 0 Å². The highest BCUT2D eigenvalue weighted by atomic mass is 16.5. The molecule has 0 amide bonds. The molecule has 19 heavy (non-hydrogen) atoms. The molecule has 0 aromatic heterocycles. The van der Waals surface area contributed by atoms with Crippen LogP contribution in [0, 0.1) is 11.3 Å². The van der Waals surface area contributed by atoms with Gasteiger partial charge in [0.05, 0.1) is 6.61 Å². The Morgan fingerprint density at radius 1 is 1.32 bits per heavy atom. The van der Waals surface area contributed by atoms with Gasteiger partial charge in [-0.3, -0.25) is 0 Å². The second kappa shape index (κ2) is 7.61. The van der Waals surface area contributed by atoms with Crippen molar-refractivity contribution in [2.75, 3.05) is 46.4 Å². The zero-order valence-electron chi connectivity index (χ0n) is 12.9. The predicted octanol–water partition coefficient (Wildman–Crippen LogP) is 2.51. The molecule has 2 heterocycles. The first-order valence-electron chi connectivity index (χ1n) is 8.20. The Bertz CT molecular complexity index is 244. The van der Waals surface area contributed by atoms with E-state index in [0.29, 0.717) is 5.41 Å². The van der Waals surface area contributed by atoms with Gasteiger partial charge in [-0.05, 0) is 63.1 Å². The van der Waals surface area contributed by atoms with Crippen molar-refractivity contribution >= 4 is 0 Å². The molecule has 0 aromatic rings. The number of hydrogen-bond acceptors (Lipinski definition) is 3. The Kier molecular flexibility index (Phi) is 6.11. The molecule has 2 fully saturated rings. The molecule has 2 saturated heterocycles. The van der Waals surface area contributed by atoms with Crippen LogP contribution in [-0.2, 0) is 4.74 Å². The van der Waals surface area contributed by atoms with Gasteiger partial charge in [-0.15, -0.1) is 0 Å². The van der Waals surface area contributed by atoms with E-state index in [9.17, 15) is 0 Å². The van der Waals surface area contributed by atoms with Crippen molar-refractivity contribution in [2.24, 2.45) is 11.3 Å². The van der Waals surface area contributed by atoms with E-state index in [1.807, 2.05) is 7.11 Å². The number of nitrogens with one attached hydrogen (secondary N) is 1. The summed E-state index contributed by atoms with van der Waals surface area (Å²) in [6.45, 7) is 9.60. The minimum atomic E-state index is 0.592. The molecule has 0 aliphatic carbocycles. The minimum absolute atomic E-state index is 0.592. The summed E-state index contributed by atoms with van der Waals surface area (Å²) in [5.74, 6) is 0.763. The summed E-state index contributed by atoms with van der Waals surface area (Å²) < 4.78 is 5.36. The molecule has 0 saturated carbocycles. The van der Waals surface area contributed by atoms with Gasteiger partial charge in [0.25, 0.3) is 0 Å². The fourth-order valence-corrected chi connectivity index (χ4v) is 4.12. The molecule has 2 rings (SSSR count). The highest BCUT2D eigenvalue weighted by Gasteiger charge is 2.34. The number of nitrogens with zero attached hydrogens (tertiary/aromatic N) is 1. The molecule has 1 atom stereocenters. The Labute approximate surface area is 119 Å². The highest BCUT2D eigenvalue weighted by Crippen LogP contribution is 2.36. The van der Waals surface area contributed by atoms with Crippen LogP contribution < -0.4 is 5.32 Å². The van der Waals surface area contributed by atoms with Crippen molar-refractivity contribution in [2.45, 2.75) is 45.4 Å². The normalized spacial score (nSPS) is 28.4. The number of ether oxygens (including phenoxy) is 1. The summed E-state index contributed by atoms with van der Waals surface area (Å²) in [7, 11) is 1.84. The van der Waals surface area contributed by atoms with Crippen LogP contribution in [0.5, 0.6) is 0 Å². The molecular weight excluding hydrogens is 236 g/mol. The molecule has 112 valence electrons. The maximum atomic E-state index is 5.36. The Morgan fingerprint density at radius 3 is 2.79 bits per heavy atom. The van der Waals surface area contributed by atoms with Crippen molar-refractivity contribution in [3.8, 4) is 0 Å². The van der Waals surface area contributed by atoms with E-state index in [1.165, 1.54) is 71.2 Å². The largest absolute Gasteiger partial charge is 0.384 e. The lowest BCUT2D eigenvalue weighted by atomic mass is 9.74. The molecule has 1 unspecified atom stereocenters. The molecule has 0 spiro atoms. The lowest BCUT2D eigenvalue weighted by Gasteiger charge is -2.44. The Balaban J connectivity index is 1.88. The molecule has 3 nitrogen and oxygen atoms in total. The third-order valence-electron chi connectivity index (χ3n) is 5.01. The average molecular weight is 268 g/mol. The van der Waals surface area contributed by atoms with E-state index < -0.39 is 0 Å². The van der Waals surface area contributed by atoms with Gasteiger partial charge in [0.1, 0.15) is 0 Å². The van der Waals surface area contributed by atoms with Crippen molar-refractivity contribution in [1.82, 2.24) is 10.2 Å². The first kappa shape index (κ1) is 15.3. The van der Waals surface area contributed by atoms with E-state index in [4.69, 9.17) is 4.74 Å². The van der Waals surface area contributed by atoms with Gasteiger partial charge in [-0.1, -0.05) is 13.3 Å². The van der Waals surface area contributed by atoms with Crippen LogP contribution in [0.4, 0.5) is 0 Å². The van der Waals surface area contributed by atoms with Crippen LogP contribution >= 0.6 is 0 Å². The zero-order valence-corrected chi connectivity index (χ0v) is 12.9. The summed E-state index contributed by atoms with van der Waals surface area (Å²) in [5.41, 5.74) is 0.592. The smallest absolute Gasteiger partial charge is 0.0502 e. The summed E-state index contributed by atoms with van der Waals surface area (Å²) in [4.78, 5) is 2.73. The van der Waals surface area contributed by atoms with E-state index in [2.05, 4.69) is 17.1 Å². The first-order chi connectivity index (χ1) is 9.28. The third-order valence-corrected chi connectivity index (χ3v) is 5.01. The second-order valence-corrected chi connectivity index (χ2v) is 6.70. The molecule has 3 heteroatoms. The van der Waals surface area contributed by atoms with Crippen molar-refractivity contribution in [3.05, 3.63) is 0 Å². The zero-order chi connectivity index (χ0) is 13.6. The summed E-state index contributed by atoms with van der Waals surface area (Å²) >= 11 is 0. The van der Waals surface area contributed by atoms with Crippen LogP contribution in [0.25, 0.3) is 0 Å². The van der Waals surface area contributed by atoms with Gasteiger partial charge < -0.3 is 15.0 Å². The number of methoxy groups -OCH3 is 1. The minimum Gasteiger partial charge on any atom is -0.384 e. The molecule has 0 bridgehead atoms.